The largest absolute Gasteiger partial charge is 0.375 e. The van der Waals surface area contributed by atoms with Gasteiger partial charge in [0.15, 0.2) is 5.78 Å². The smallest absolute Gasteiger partial charge is 0.234 e. The van der Waals surface area contributed by atoms with E-state index in [1.54, 1.807) is 12.1 Å². The third-order valence-corrected chi connectivity index (χ3v) is 5.62. The van der Waals surface area contributed by atoms with Crippen LogP contribution in [-0.2, 0) is 4.79 Å². The van der Waals surface area contributed by atoms with E-state index in [2.05, 4.69) is 27.2 Å². The van der Waals surface area contributed by atoms with E-state index in [-0.39, 0.29) is 17.5 Å². The summed E-state index contributed by atoms with van der Waals surface area (Å²) in [6.07, 6.45) is 0.875. The molecule has 1 saturated heterocycles. The van der Waals surface area contributed by atoms with Crippen molar-refractivity contribution in [2.75, 3.05) is 62.7 Å². The highest BCUT2D eigenvalue weighted by atomic mass is 19.1. The number of para-hydroxylation sites is 1. The van der Waals surface area contributed by atoms with Gasteiger partial charge in [-0.2, -0.15) is 0 Å². The Hall–Kier alpha value is -2.93. The van der Waals surface area contributed by atoms with Crippen molar-refractivity contribution in [1.29, 1.82) is 0 Å². The van der Waals surface area contributed by atoms with E-state index in [0.717, 1.165) is 13.0 Å². The van der Waals surface area contributed by atoms with E-state index in [9.17, 15) is 14.0 Å². The van der Waals surface area contributed by atoms with Gasteiger partial charge in [0.1, 0.15) is 5.82 Å². The minimum atomic E-state index is -0.376. The molecule has 1 heterocycles. The fourth-order valence-corrected chi connectivity index (χ4v) is 3.74. The lowest BCUT2D eigenvalue weighted by Crippen LogP contribution is -2.49. The fraction of sp³-hybridized carbons (Fsp3) is 0.417. The van der Waals surface area contributed by atoms with Gasteiger partial charge in [-0.15, -0.1) is 0 Å². The summed E-state index contributed by atoms with van der Waals surface area (Å²) in [7, 11) is 2.05. The highest BCUT2D eigenvalue weighted by Crippen LogP contribution is 2.22. The van der Waals surface area contributed by atoms with Crippen LogP contribution >= 0.6 is 0 Å². The Morgan fingerprint density at radius 1 is 1.06 bits per heavy atom. The second-order valence-corrected chi connectivity index (χ2v) is 7.95. The maximum absolute atomic E-state index is 14.4. The third kappa shape index (κ3) is 6.52. The molecule has 0 atom stereocenters. The normalized spacial score (nSPS) is 14.4. The van der Waals surface area contributed by atoms with Gasteiger partial charge in [0, 0.05) is 57.6 Å². The van der Waals surface area contributed by atoms with Gasteiger partial charge in [-0.1, -0.05) is 18.2 Å². The van der Waals surface area contributed by atoms with Crippen molar-refractivity contribution < 1.29 is 14.0 Å². The lowest BCUT2D eigenvalue weighted by molar-refractivity contribution is -0.122. The van der Waals surface area contributed by atoms with Crippen molar-refractivity contribution in [3.8, 4) is 0 Å². The maximum Gasteiger partial charge on any atom is 0.234 e. The van der Waals surface area contributed by atoms with Gasteiger partial charge in [-0.05, 0) is 43.7 Å². The molecule has 0 aliphatic carbocycles. The molecule has 3 rings (SSSR count). The standard InChI is InChI=1S/C24H31FN4O2/c1-19(30)20-9-10-23(22(25)17-20)29-15-13-28(14-16-29)18-24(31)26-11-6-12-27(2)21-7-4-3-5-8-21/h3-5,7-10,17H,6,11-16,18H2,1-2H3,(H,26,31). The number of carbonyl (C=O) groups is 2. The topological polar surface area (TPSA) is 55.9 Å². The Bertz CT molecular complexity index is 882. The Morgan fingerprint density at radius 3 is 2.42 bits per heavy atom. The summed E-state index contributed by atoms with van der Waals surface area (Å²) < 4.78 is 14.4. The van der Waals surface area contributed by atoms with Crippen LogP contribution in [0, 0.1) is 5.82 Å². The zero-order valence-electron chi connectivity index (χ0n) is 18.3. The van der Waals surface area contributed by atoms with Gasteiger partial charge in [0.2, 0.25) is 5.91 Å². The number of anilines is 2. The molecule has 2 aromatic carbocycles. The Kier molecular flexibility index (Phi) is 8.00. The maximum atomic E-state index is 14.4. The van der Waals surface area contributed by atoms with Crippen LogP contribution in [0.2, 0.25) is 0 Å². The molecule has 0 aromatic heterocycles. The van der Waals surface area contributed by atoms with Crippen molar-refractivity contribution in [3.63, 3.8) is 0 Å². The Morgan fingerprint density at radius 2 is 1.77 bits per heavy atom. The number of piperazine rings is 1. The second kappa shape index (κ2) is 10.9. The molecular formula is C24H31FN4O2. The molecule has 166 valence electrons. The van der Waals surface area contributed by atoms with E-state index < -0.39 is 0 Å². The number of halogens is 1. The van der Waals surface area contributed by atoms with E-state index in [4.69, 9.17) is 0 Å². The molecule has 6 nitrogen and oxygen atoms in total. The number of ketones is 1. The van der Waals surface area contributed by atoms with Gasteiger partial charge in [-0.3, -0.25) is 14.5 Å². The molecule has 0 radical (unpaired) electrons. The lowest BCUT2D eigenvalue weighted by Gasteiger charge is -2.35. The number of rotatable bonds is 9. The molecule has 0 saturated carbocycles. The number of nitrogens with zero attached hydrogens (tertiary/aromatic N) is 3. The molecular weight excluding hydrogens is 395 g/mol. The molecule has 0 unspecified atom stereocenters. The summed E-state index contributed by atoms with van der Waals surface area (Å²) in [4.78, 5) is 29.9. The van der Waals surface area contributed by atoms with E-state index in [0.29, 0.717) is 50.5 Å². The van der Waals surface area contributed by atoms with Crippen LogP contribution in [0.4, 0.5) is 15.8 Å². The van der Waals surface area contributed by atoms with Gasteiger partial charge in [0.05, 0.1) is 12.2 Å². The van der Waals surface area contributed by atoms with E-state index in [1.807, 2.05) is 30.1 Å². The molecule has 1 N–H and O–H groups in total. The first-order valence-corrected chi connectivity index (χ1v) is 10.7. The number of Topliss-reactive ketones (excluding diaryl/α,β-unsaturated/α-hetero) is 1. The van der Waals surface area contributed by atoms with Crippen LogP contribution in [0.1, 0.15) is 23.7 Å². The first-order valence-electron chi connectivity index (χ1n) is 10.7. The fourth-order valence-electron chi connectivity index (χ4n) is 3.74. The average molecular weight is 427 g/mol. The van der Waals surface area contributed by atoms with Gasteiger partial charge in [-0.25, -0.2) is 4.39 Å². The van der Waals surface area contributed by atoms with Gasteiger partial charge in [0.25, 0.3) is 0 Å². The van der Waals surface area contributed by atoms with Crippen LogP contribution in [0.25, 0.3) is 0 Å². The van der Waals surface area contributed by atoms with Crippen LogP contribution < -0.4 is 15.1 Å². The van der Waals surface area contributed by atoms with Crippen molar-refractivity contribution in [2.45, 2.75) is 13.3 Å². The second-order valence-electron chi connectivity index (χ2n) is 7.95. The molecule has 2 aromatic rings. The number of amides is 1. The summed E-state index contributed by atoms with van der Waals surface area (Å²) in [5.41, 5.74) is 2.06. The first-order chi connectivity index (χ1) is 14.9. The molecule has 0 bridgehead atoms. The summed E-state index contributed by atoms with van der Waals surface area (Å²) in [6.45, 7) is 5.97. The van der Waals surface area contributed by atoms with Crippen molar-refractivity contribution in [1.82, 2.24) is 10.2 Å². The van der Waals surface area contributed by atoms with Crippen LogP contribution in [0.15, 0.2) is 48.5 Å². The Labute approximate surface area is 183 Å². The molecule has 31 heavy (non-hydrogen) atoms. The van der Waals surface area contributed by atoms with Crippen LogP contribution in [-0.4, -0.2) is 69.5 Å². The number of hydrogen-bond acceptors (Lipinski definition) is 5. The van der Waals surface area contributed by atoms with E-state index >= 15 is 0 Å². The quantitative estimate of drug-likeness (QED) is 0.494. The van der Waals surface area contributed by atoms with Crippen LogP contribution in [0.5, 0.6) is 0 Å². The predicted octanol–water partition coefficient (Wildman–Crippen LogP) is 2.79. The predicted molar refractivity (Wildman–Crippen MR) is 122 cm³/mol. The van der Waals surface area contributed by atoms with Crippen molar-refractivity contribution in [2.24, 2.45) is 0 Å². The summed E-state index contributed by atoms with van der Waals surface area (Å²) in [6, 6.07) is 14.8. The number of nitrogens with one attached hydrogen (secondary N) is 1. The monoisotopic (exact) mass is 426 g/mol. The highest BCUT2D eigenvalue weighted by molar-refractivity contribution is 5.94. The molecule has 0 spiro atoms. The number of hydrogen-bond donors (Lipinski definition) is 1. The van der Waals surface area contributed by atoms with Crippen molar-refractivity contribution in [3.05, 3.63) is 59.9 Å². The first kappa shape index (κ1) is 22.7. The van der Waals surface area contributed by atoms with Crippen LogP contribution in [0.3, 0.4) is 0 Å². The number of carbonyl (C=O) groups excluding carboxylic acids is 2. The van der Waals surface area contributed by atoms with Gasteiger partial charge < -0.3 is 15.1 Å². The average Bonchev–Trinajstić information content (AvgIpc) is 2.77. The Balaban J connectivity index is 1.36. The van der Waals surface area contributed by atoms with E-state index in [1.165, 1.54) is 18.7 Å². The minimum Gasteiger partial charge on any atom is -0.375 e. The number of benzene rings is 2. The minimum absolute atomic E-state index is 0.0211. The lowest BCUT2D eigenvalue weighted by atomic mass is 10.1. The molecule has 1 fully saturated rings. The van der Waals surface area contributed by atoms with Gasteiger partial charge >= 0.3 is 0 Å². The SMILES string of the molecule is CC(=O)c1ccc(N2CCN(CC(=O)NCCCN(C)c3ccccc3)CC2)c(F)c1. The molecule has 7 heteroatoms. The molecule has 1 aliphatic rings. The molecule has 1 aliphatic heterocycles. The highest BCUT2D eigenvalue weighted by Gasteiger charge is 2.21. The summed E-state index contributed by atoms with van der Waals surface area (Å²) in [5, 5.41) is 2.99. The zero-order chi connectivity index (χ0) is 22.2. The summed E-state index contributed by atoms with van der Waals surface area (Å²) >= 11 is 0. The summed E-state index contributed by atoms with van der Waals surface area (Å²) in [5.74, 6) is -0.500. The van der Waals surface area contributed by atoms with Crippen molar-refractivity contribution >= 4 is 23.1 Å². The molecule has 1 amide bonds. The third-order valence-electron chi connectivity index (χ3n) is 5.62. The zero-order valence-corrected chi connectivity index (χ0v) is 18.3.